The van der Waals surface area contributed by atoms with Crippen molar-refractivity contribution in [2.75, 3.05) is 12.1 Å². The second-order valence-electron chi connectivity index (χ2n) is 9.11. The highest BCUT2D eigenvalue weighted by Crippen LogP contribution is 2.37. The first-order valence-corrected chi connectivity index (χ1v) is 13.8. The molecule has 1 saturated heterocycles. The van der Waals surface area contributed by atoms with E-state index in [-0.39, 0.29) is 36.9 Å². The van der Waals surface area contributed by atoms with E-state index in [0.717, 1.165) is 44.0 Å². The maximum atomic E-state index is 13.2. The molecule has 3 amide bonds. The van der Waals surface area contributed by atoms with E-state index < -0.39 is 0 Å². The van der Waals surface area contributed by atoms with Crippen molar-refractivity contribution in [3.63, 3.8) is 0 Å². The summed E-state index contributed by atoms with van der Waals surface area (Å²) in [6.07, 6.45) is 1.76. The van der Waals surface area contributed by atoms with Gasteiger partial charge >= 0.3 is 0 Å². The normalized spacial score (nSPS) is 15.5. The number of hydrogen-bond acceptors (Lipinski definition) is 6. The molecular formula is C29H22BrN3O5S. The van der Waals surface area contributed by atoms with E-state index in [1.807, 2.05) is 60.0 Å². The molecule has 1 aromatic heterocycles. The second kappa shape index (κ2) is 10.3. The molecule has 4 aromatic rings. The number of thioether (sulfide) groups is 1. The molecule has 1 fully saturated rings. The molecule has 6 rings (SSSR count). The zero-order chi connectivity index (χ0) is 27.1. The zero-order valence-corrected chi connectivity index (χ0v) is 23.2. The zero-order valence-electron chi connectivity index (χ0n) is 20.8. The Hall–Kier alpha value is -4.02. The van der Waals surface area contributed by atoms with Gasteiger partial charge in [-0.3, -0.25) is 19.3 Å². The summed E-state index contributed by atoms with van der Waals surface area (Å²) in [5, 5.41) is 3.50. The first-order valence-electron chi connectivity index (χ1n) is 12.1. The Kier molecular flexibility index (Phi) is 6.66. The molecule has 0 atom stereocenters. The monoisotopic (exact) mass is 603 g/mol. The minimum Gasteiger partial charge on any atom is -0.454 e. The highest BCUT2D eigenvalue weighted by Gasteiger charge is 2.35. The number of fused-ring (bicyclic) bond motifs is 2. The quantitative estimate of drug-likeness (QED) is 0.259. The predicted octanol–water partition coefficient (Wildman–Crippen LogP) is 6.32. The number of rotatable bonds is 6. The first kappa shape index (κ1) is 25.3. The third kappa shape index (κ3) is 4.93. The van der Waals surface area contributed by atoms with E-state index in [9.17, 15) is 14.4 Å². The molecule has 3 aromatic carbocycles. The van der Waals surface area contributed by atoms with E-state index >= 15 is 0 Å². The van der Waals surface area contributed by atoms with Gasteiger partial charge in [0.1, 0.15) is 6.54 Å². The van der Waals surface area contributed by atoms with Gasteiger partial charge in [0, 0.05) is 38.4 Å². The predicted molar refractivity (Wildman–Crippen MR) is 154 cm³/mol. The van der Waals surface area contributed by atoms with Crippen LogP contribution in [0, 0.1) is 6.92 Å². The lowest BCUT2D eigenvalue weighted by molar-refractivity contribution is -0.123. The van der Waals surface area contributed by atoms with Gasteiger partial charge in [0.2, 0.25) is 12.7 Å². The molecular weight excluding hydrogens is 582 g/mol. The maximum absolute atomic E-state index is 13.2. The van der Waals surface area contributed by atoms with Crippen molar-refractivity contribution in [1.29, 1.82) is 0 Å². The molecule has 0 bridgehead atoms. The van der Waals surface area contributed by atoms with Crippen LogP contribution in [0.2, 0.25) is 0 Å². The van der Waals surface area contributed by atoms with Crippen molar-refractivity contribution in [2.24, 2.45) is 0 Å². The van der Waals surface area contributed by atoms with Gasteiger partial charge in [-0.05, 0) is 60.7 Å². The number of carbonyl (C=O) groups excluding carboxylic acids is 3. The summed E-state index contributed by atoms with van der Waals surface area (Å²) in [6, 6.07) is 20.5. The van der Waals surface area contributed by atoms with Gasteiger partial charge in [-0.15, -0.1) is 0 Å². The minimum absolute atomic E-state index is 0.0691. The fourth-order valence-electron chi connectivity index (χ4n) is 4.70. The van der Waals surface area contributed by atoms with E-state index in [2.05, 4.69) is 21.2 Å². The van der Waals surface area contributed by atoms with Gasteiger partial charge < -0.3 is 19.4 Å². The number of benzene rings is 3. The Morgan fingerprint density at radius 3 is 2.64 bits per heavy atom. The van der Waals surface area contributed by atoms with Crippen LogP contribution >= 0.6 is 27.7 Å². The largest absolute Gasteiger partial charge is 0.454 e. The number of aromatic nitrogens is 1. The minimum atomic E-state index is -0.329. The lowest BCUT2D eigenvalue weighted by Gasteiger charge is -2.12. The van der Waals surface area contributed by atoms with E-state index in [0.29, 0.717) is 22.1 Å². The molecule has 0 aliphatic carbocycles. The summed E-state index contributed by atoms with van der Waals surface area (Å²) >= 11 is 4.33. The number of nitrogens with zero attached hydrogens (tertiary/aromatic N) is 2. The van der Waals surface area contributed by atoms with Crippen LogP contribution in [0.5, 0.6) is 11.5 Å². The number of nitrogens with one attached hydrogen (secondary N) is 1. The molecule has 0 radical (unpaired) electrons. The number of hydrogen-bond donors (Lipinski definition) is 1. The van der Waals surface area contributed by atoms with Crippen molar-refractivity contribution < 1.29 is 23.9 Å². The molecule has 10 heteroatoms. The Bertz CT molecular complexity index is 1680. The van der Waals surface area contributed by atoms with Crippen LogP contribution in [-0.4, -0.2) is 33.3 Å². The standard InChI is InChI=1S/C29H22BrN3O5S/c1-17-22(13-26-28(35)33(29(36)39-26)14-18-6-8-19(30)9-7-18)21-4-2-3-5-23(21)32(17)15-27(34)31-20-10-11-24-25(12-20)38-16-37-24/h2-13H,14-16H2,1H3,(H,31,34)/b26-13-. The molecule has 2 aliphatic rings. The van der Waals surface area contributed by atoms with Crippen molar-refractivity contribution >= 4 is 67.4 Å². The third-order valence-corrected chi connectivity index (χ3v) is 8.08. The highest BCUT2D eigenvalue weighted by molar-refractivity contribution is 9.10. The molecule has 0 saturated carbocycles. The average molecular weight is 604 g/mol. The Labute approximate surface area is 236 Å². The van der Waals surface area contributed by atoms with Gasteiger partial charge in [-0.1, -0.05) is 46.3 Å². The average Bonchev–Trinajstić information content (AvgIpc) is 3.57. The van der Waals surface area contributed by atoms with Gasteiger partial charge in [0.15, 0.2) is 11.5 Å². The molecule has 2 aliphatic heterocycles. The number of para-hydroxylation sites is 1. The van der Waals surface area contributed by atoms with Gasteiger partial charge in [-0.25, -0.2) is 0 Å². The Morgan fingerprint density at radius 1 is 1.05 bits per heavy atom. The molecule has 39 heavy (non-hydrogen) atoms. The van der Waals surface area contributed by atoms with Crippen molar-refractivity contribution in [3.05, 3.63) is 92.9 Å². The van der Waals surface area contributed by atoms with E-state index in [1.54, 1.807) is 24.3 Å². The number of carbonyl (C=O) groups is 3. The summed E-state index contributed by atoms with van der Waals surface area (Å²) in [4.78, 5) is 40.6. The smallest absolute Gasteiger partial charge is 0.293 e. The van der Waals surface area contributed by atoms with Crippen molar-refractivity contribution in [2.45, 2.75) is 20.0 Å². The third-order valence-electron chi connectivity index (χ3n) is 6.64. The van der Waals surface area contributed by atoms with Crippen LogP contribution < -0.4 is 14.8 Å². The summed E-state index contributed by atoms with van der Waals surface area (Å²) in [5.74, 6) is 0.696. The van der Waals surface area contributed by atoms with Crippen LogP contribution in [0.25, 0.3) is 17.0 Å². The molecule has 0 unspecified atom stereocenters. The fourth-order valence-corrected chi connectivity index (χ4v) is 5.79. The number of imide groups is 1. The van der Waals surface area contributed by atoms with Crippen LogP contribution in [0.15, 0.2) is 76.1 Å². The molecule has 0 spiro atoms. The summed E-state index contributed by atoms with van der Waals surface area (Å²) in [7, 11) is 0. The van der Waals surface area contributed by atoms with Crippen molar-refractivity contribution in [1.82, 2.24) is 9.47 Å². The first-order chi connectivity index (χ1) is 18.9. The summed E-state index contributed by atoms with van der Waals surface area (Å²) < 4.78 is 13.6. The SMILES string of the molecule is Cc1c(/C=C2\SC(=O)N(Cc3ccc(Br)cc3)C2=O)c2ccccc2n1CC(=O)Nc1ccc2c(c1)OCO2. The molecule has 3 heterocycles. The van der Waals surface area contributed by atoms with E-state index in [1.165, 1.54) is 4.90 Å². The van der Waals surface area contributed by atoms with Crippen LogP contribution in [0.1, 0.15) is 16.8 Å². The Morgan fingerprint density at radius 2 is 1.82 bits per heavy atom. The van der Waals surface area contributed by atoms with Crippen LogP contribution in [-0.2, 0) is 22.7 Å². The molecule has 8 nitrogen and oxygen atoms in total. The van der Waals surface area contributed by atoms with Gasteiger partial charge in [0.05, 0.1) is 11.4 Å². The Balaban J connectivity index is 1.26. The maximum Gasteiger partial charge on any atom is 0.293 e. The summed E-state index contributed by atoms with van der Waals surface area (Å²) in [6.45, 7) is 2.34. The highest BCUT2D eigenvalue weighted by atomic mass is 79.9. The molecule has 196 valence electrons. The van der Waals surface area contributed by atoms with Crippen LogP contribution in [0.3, 0.4) is 0 Å². The number of halogens is 1. The number of amides is 3. The number of anilines is 1. The topological polar surface area (TPSA) is 89.9 Å². The van der Waals surface area contributed by atoms with E-state index in [4.69, 9.17) is 9.47 Å². The van der Waals surface area contributed by atoms with Gasteiger partial charge in [-0.2, -0.15) is 0 Å². The second-order valence-corrected chi connectivity index (χ2v) is 11.0. The van der Waals surface area contributed by atoms with Crippen LogP contribution in [0.4, 0.5) is 10.5 Å². The fraction of sp³-hybridized carbons (Fsp3) is 0.138. The van der Waals surface area contributed by atoms with Crippen molar-refractivity contribution in [3.8, 4) is 11.5 Å². The summed E-state index contributed by atoms with van der Waals surface area (Å²) in [5.41, 5.74) is 3.95. The van der Waals surface area contributed by atoms with Gasteiger partial charge in [0.25, 0.3) is 11.1 Å². The molecule has 1 N–H and O–H groups in total. The number of ether oxygens (including phenoxy) is 2. The lowest BCUT2D eigenvalue weighted by atomic mass is 10.1. The lowest BCUT2D eigenvalue weighted by Crippen LogP contribution is -2.27.